The minimum Gasteiger partial charge on any atom is -0.335 e. The Morgan fingerprint density at radius 3 is 2.57 bits per heavy atom. The number of hydrogen-bond acceptors (Lipinski definition) is 5. The van der Waals surface area contributed by atoms with E-state index in [1.54, 1.807) is 0 Å². The zero-order chi connectivity index (χ0) is 16.4. The summed E-state index contributed by atoms with van der Waals surface area (Å²) < 4.78 is 23.7. The molecule has 0 aromatic carbocycles. The van der Waals surface area contributed by atoms with Crippen molar-refractivity contribution in [1.29, 1.82) is 0 Å². The van der Waals surface area contributed by atoms with Crippen LogP contribution in [-0.2, 0) is 14.6 Å². The molecule has 7 heteroatoms. The molecule has 0 radical (unpaired) electrons. The zero-order valence-electron chi connectivity index (χ0n) is 14.0. The number of sulfone groups is 1. The molecule has 1 aliphatic carbocycles. The van der Waals surface area contributed by atoms with E-state index >= 15 is 0 Å². The summed E-state index contributed by atoms with van der Waals surface area (Å²) in [6, 6.07) is 0.498. The lowest BCUT2D eigenvalue weighted by Crippen LogP contribution is -2.56. The molecule has 6 nitrogen and oxygen atoms in total. The number of piperazine rings is 1. The average Bonchev–Trinajstić information content (AvgIpc) is 3.12. The van der Waals surface area contributed by atoms with Crippen molar-refractivity contribution in [2.24, 2.45) is 0 Å². The van der Waals surface area contributed by atoms with E-state index in [1.807, 2.05) is 4.90 Å². The molecule has 3 aliphatic rings. The van der Waals surface area contributed by atoms with Crippen molar-refractivity contribution in [2.75, 3.05) is 37.7 Å². The van der Waals surface area contributed by atoms with Crippen LogP contribution in [0, 0.1) is 0 Å². The van der Waals surface area contributed by atoms with Gasteiger partial charge in [0.2, 0.25) is 5.91 Å². The molecule has 0 aromatic heterocycles. The average molecular weight is 343 g/mol. The van der Waals surface area contributed by atoms with E-state index in [2.05, 4.69) is 17.1 Å². The van der Waals surface area contributed by atoms with Crippen LogP contribution in [0.4, 0.5) is 0 Å². The normalized spacial score (nSPS) is 32.2. The number of carbonyl (C=O) groups is 1. The van der Waals surface area contributed by atoms with Crippen molar-refractivity contribution >= 4 is 15.7 Å². The highest BCUT2D eigenvalue weighted by Crippen LogP contribution is 2.29. The number of carbonyl (C=O) groups excluding carboxylic acids is 1. The summed E-state index contributed by atoms with van der Waals surface area (Å²) in [6.07, 6.45) is 4.97. The molecule has 0 spiro atoms. The first-order valence-corrected chi connectivity index (χ1v) is 10.7. The number of nitrogens with zero attached hydrogens (tertiary/aromatic N) is 2. The first-order chi connectivity index (χ1) is 11.0. The Hall–Kier alpha value is -0.660. The summed E-state index contributed by atoms with van der Waals surface area (Å²) in [7, 11) is -2.96. The van der Waals surface area contributed by atoms with Gasteiger partial charge in [0, 0.05) is 37.8 Å². The number of amides is 1. The molecule has 1 unspecified atom stereocenters. The summed E-state index contributed by atoms with van der Waals surface area (Å²) in [4.78, 5) is 17.2. The second-order valence-corrected chi connectivity index (χ2v) is 9.55. The summed E-state index contributed by atoms with van der Waals surface area (Å²) in [5.41, 5.74) is 0. The topological polar surface area (TPSA) is 69.7 Å². The van der Waals surface area contributed by atoms with Gasteiger partial charge >= 0.3 is 0 Å². The van der Waals surface area contributed by atoms with Crippen molar-refractivity contribution < 1.29 is 13.2 Å². The molecular weight excluding hydrogens is 314 g/mol. The summed E-state index contributed by atoms with van der Waals surface area (Å²) in [6.45, 7) is 5.27. The maximum absolute atomic E-state index is 13.0. The Kier molecular flexibility index (Phi) is 5.28. The van der Waals surface area contributed by atoms with Crippen LogP contribution in [0.2, 0.25) is 0 Å². The van der Waals surface area contributed by atoms with Gasteiger partial charge in [-0.2, -0.15) is 0 Å². The summed E-state index contributed by atoms with van der Waals surface area (Å²) in [5.74, 6) is 0.526. The van der Waals surface area contributed by atoms with Gasteiger partial charge in [-0.15, -0.1) is 0 Å². The molecule has 0 aromatic rings. The molecule has 1 saturated carbocycles. The predicted octanol–water partition coefficient (Wildman–Crippen LogP) is 0.238. The van der Waals surface area contributed by atoms with E-state index in [-0.39, 0.29) is 29.5 Å². The van der Waals surface area contributed by atoms with Crippen LogP contribution in [0.3, 0.4) is 0 Å². The van der Waals surface area contributed by atoms with E-state index in [0.717, 1.165) is 45.3 Å². The molecule has 0 bridgehead atoms. The van der Waals surface area contributed by atoms with Crippen LogP contribution in [-0.4, -0.2) is 79.9 Å². The maximum atomic E-state index is 13.0. The first kappa shape index (κ1) is 17.2. The Labute approximate surface area is 139 Å². The van der Waals surface area contributed by atoms with Gasteiger partial charge in [0.25, 0.3) is 0 Å². The highest BCUT2D eigenvalue weighted by atomic mass is 32.2. The second kappa shape index (κ2) is 7.07. The van der Waals surface area contributed by atoms with E-state index in [9.17, 15) is 13.2 Å². The van der Waals surface area contributed by atoms with Crippen molar-refractivity contribution in [3.8, 4) is 0 Å². The van der Waals surface area contributed by atoms with Gasteiger partial charge < -0.3 is 10.2 Å². The highest BCUT2D eigenvalue weighted by Gasteiger charge is 2.39. The molecule has 132 valence electrons. The van der Waals surface area contributed by atoms with Gasteiger partial charge in [0.1, 0.15) is 0 Å². The molecule has 3 fully saturated rings. The summed E-state index contributed by atoms with van der Waals surface area (Å²) >= 11 is 0. The standard InChI is InChI=1S/C16H29N3O3S/c1-13-10-17-7-8-18(13)11-16(20)19(14-4-2-3-5-14)15-6-9-23(21,22)12-15/h13-15,17H,2-12H2,1H3/t13-,15?/m1/s1. The van der Waals surface area contributed by atoms with Crippen LogP contribution in [0.1, 0.15) is 39.0 Å². The largest absolute Gasteiger partial charge is 0.335 e. The third kappa shape index (κ3) is 4.06. The molecule has 23 heavy (non-hydrogen) atoms. The molecule has 2 atom stereocenters. The second-order valence-electron chi connectivity index (χ2n) is 7.32. The maximum Gasteiger partial charge on any atom is 0.237 e. The third-order valence-electron chi connectivity index (χ3n) is 5.59. The predicted molar refractivity (Wildman–Crippen MR) is 90.1 cm³/mol. The monoisotopic (exact) mass is 343 g/mol. The molecular formula is C16H29N3O3S. The molecule has 3 rings (SSSR count). The minimum absolute atomic E-state index is 0.103. The van der Waals surface area contributed by atoms with Crippen molar-refractivity contribution in [1.82, 2.24) is 15.1 Å². The van der Waals surface area contributed by atoms with E-state index in [0.29, 0.717) is 19.0 Å². The fourth-order valence-corrected chi connectivity index (χ4v) is 5.97. The van der Waals surface area contributed by atoms with E-state index < -0.39 is 9.84 Å². The first-order valence-electron chi connectivity index (χ1n) is 8.92. The Bertz CT molecular complexity index is 531. The van der Waals surface area contributed by atoms with E-state index in [4.69, 9.17) is 0 Å². The van der Waals surface area contributed by atoms with Crippen LogP contribution >= 0.6 is 0 Å². The SMILES string of the molecule is C[C@@H]1CNCCN1CC(=O)N(C1CCCC1)C1CCS(=O)(=O)C1. The molecule has 2 aliphatic heterocycles. The fourth-order valence-electron chi connectivity index (χ4n) is 4.26. The van der Waals surface area contributed by atoms with Crippen molar-refractivity contribution in [3.63, 3.8) is 0 Å². The van der Waals surface area contributed by atoms with Gasteiger partial charge in [0.15, 0.2) is 9.84 Å². The quantitative estimate of drug-likeness (QED) is 0.792. The van der Waals surface area contributed by atoms with E-state index in [1.165, 1.54) is 0 Å². The molecule has 1 N–H and O–H groups in total. The third-order valence-corrected chi connectivity index (χ3v) is 7.34. The molecule has 2 heterocycles. The Balaban J connectivity index is 1.70. The van der Waals surface area contributed by atoms with Gasteiger partial charge in [-0.05, 0) is 26.2 Å². The summed E-state index contributed by atoms with van der Waals surface area (Å²) in [5, 5.41) is 3.34. The van der Waals surface area contributed by atoms with Gasteiger partial charge in [-0.1, -0.05) is 12.8 Å². The smallest absolute Gasteiger partial charge is 0.237 e. The fraction of sp³-hybridized carbons (Fsp3) is 0.938. The van der Waals surface area contributed by atoms with Crippen molar-refractivity contribution in [2.45, 2.75) is 57.2 Å². The lowest BCUT2D eigenvalue weighted by atomic mass is 10.1. The van der Waals surface area contributed by atoms with Gasteiger partial charge in [0.05, 0.1) is 18.1 Å². The minimum atomic E-state index is -2.96. The number of rotatable bonds is 4. The van der Waals surface area contributed by atoms with Gasteiger partial charge in [-0.3, -0.25) is 9.69 Å². The lowest BCUT2D eigenvalue weighted by molar-refractivity contribution is -0.137. The highest BCUT2D eigenvalue weighted by molar-refractivity contribution is 7.91. The lowest BCUT2D eigenvalue weighted by Gasteiger charge is -2.38. The van der Waals surface area contributed by atoms with Gasteiger partial charge in [-0.25, -0.2) is 8.42 Å². The van der Waals surface area contributed by atoms with Crippen molar-refractivity contribution in [3.05, 3.63) is 0 Å². The van der Waals surface area contributed by atoms with Crippen LogP contribution in [0.15, 0.2) is 0 Å². The van der Waals surface area contributed by atoms with Crippen LogP contribution in [0.25, 0.3) is 0 Å². The van der Waals surface area contributed by atoms with Crippen LogP contribution in [0.5, 0.6) is 0 Å². The van der Waals surface area contributed by atoms with Crippen LogP contribution < -0.4 is 5.32 Å². The number of nitrogens with one attached hydrogen (secondary N) is 1. The molecule has 1 amide bonds. The molecule has 2 saturated heterocycles. The zero-order valence-corrected chi connectivity index (χ0v) is 14.9. The Morgan fingerprint density at radius 1 is 1.22 bits per heavy atom. The number of hydrogen-bond donors (Lipinski definition) is 1. The Morgan fingerprint density at radius 2 is 1.96 bits per heavy atom.